The maximum atomic E-state index is 10.8. The van der Waals surface area contributed by atoms with Gasteiger partial charge in [-0.3, -0.25) is 10.1 Å². The minimum atomic E-state index is -0.555. The predicted octanol–water partition coefficient (Wildman–Crippen LogP) is 2.40. The average Bonchev–Trinajstić information content (AvgIpc) is 2.78. The lowest BCUT2D eigenvalue weighted by molar-refractivity contribution is -0.385. The molecule has 0 spiro atoms. The number of nitro groups is 1. The fourth-order valence-corrected chi connectivity index (χ4v) is 2.75. The van der Waals surface area contributed by atoms with E-state index in [1.165, 1.54) is 18.6 Å². The minimum absolute atomic E-state index is 0.0417. The number of benzene rings is 1. The van der Waals surface area contributed by atoms with Crippen molar-refractivity contribution in [2.45, 2.75) is 38.8 Å². The summed E-state index contributed by atoms with van der Waals surface area (Å²) in [7, 11) is 0. The van der Waals surface area contributed by atoms with Gasteiger partial charge in [0.2, 0.25) is 0 Å². The molecule has 0 aliphatic carbocycles. The van der Waals surface area contributed by atoms with Gasteiger partial charge in [0.05, 0.1) is 11.5 Å². The first-order valence-corrected chi connectivity index (χ1v) is 7.52. The van der Waals surface area contributed by atoms with Crippen LogP contribution in [0.15, 0.2) is 18.2 Å². The number of nitro benzene ring substituents is 1. The number of nitrogens with one attached hydrogen (secondary N) is 1. The fourth-order valence-electron chi connectivity index (χ4n) is 2.75. The van der Waals surface area contributed by atoms with Gasteiger partial charge in [0.25, 0.3) is 5.69 Å². The molecule has 0 atom stereocenters. The van der Waals surface area contributed by atoms with Crippen molar-refractivity contribution < 1.29 is 4.92 Å². The Morgan fingerprint density at radius 3 is 3.00 bits per heavy atom. The number of anilines is 1. The molecule has 1 aliphatic heterocycles. The van der Waals surface area contributed by atoms with E-state index >= 15 is 0 Å². The Hall–Kier alpha value is -2.95. The molecule has 1 aromatic heterocycles. The topological polar surface area (TPSA) is 110 Å². The van der Waals surface area contributed by atoms with Gasteiger partial charge in [0, 0.05) is 24.7 Å². The first-order valence-electron chi connectivity index (χ1n) is 7.52. The van der Waals surface area contributed by atoms with E-state index in [-0.39, 0.29) is 11.3 Å². The van der Waals surface area contributed by atoms with Crippen molar-refractivity contribution in [3.05, 3.63) is 45.5 Å². The van der Waals surface area contributed by atoms with Crippen LogP contribution in [0.2, 0.25) is 0 Å². The van der Waals surface area contributed by atoms with Crippen LogP contribution in [0.25, 0.3) is 0 Å². The van der Waals surface area contributed by atoms with E-state index < -0.39 is 4.92 Å². The van der Waals surface area contributed by atoms with Crippen LogP contribution in [0, 0.1) is 21.4 Å². The summed E-state index contributed by atoms with van der Waals surface area (Å²) in [4.78, 5) is 10.3. The summed E-state index contributed by atoms with van der Waals surface area (Å²) in [5.41, 5.74) is 0.507. The van der Waals surface area contributed by atoms with Crippen LogP contribution in [0.4, 0.5) is 11.4 Å². The van der Waals surface area contributed by atoms with E-state index in [2.05, 4.69) is 20.1 Å². The third kappa shape index (κ3) is 3.13. The zero-order chi connectivity index (χ0) is 16.2. The molecule has 0 bridgehead atoms. The number of aromatic nitrogens is 3. The predicted molar refractivity (Wildman–Crippen MR) is 82.7 cm³/mol. The van der Waals surface area contributed by atoms with Crippen molar-refractivity contribution in [2.24, 2.45) is 0 Å². The van der Waals surface area contributed by atoms with Crippen LogP contribution in [0.5, 0.6) is 0 Å². The lowest BCUT2D eigenvalue weighted by Gasteiger charge is -2.09. The second kappa shape index (κ2) is 6.44. The number of nitrogens with zero attached hydrogens (tertiary/aromatic N) is 5. The quantitative estimate of drug-likeness (QED) is 0.685. The van der Waals surface area contributed by atoms with E-state index in [1.807, 2.05) is 6.07 Å². The van der Waals surface area contributed by atoms with Crippen molar-refractivity contribution in [2.75, 3.05) is 5.32 Å². The maximum Gasteiger partial charge on any atom is 0.287 e. The van der Waals surface area contributed by atoms with Crippen LogP contribution in [-0.4, -0.2) is 19.7 Å². The molecule has 0 amide bonds. The summed E-state index contributed by atoms with van der Waals surface area (Å²) < 4.78 is 2.14. The van der Waals surface area contributed by atoms with Crippen molar-refractivity contribution >= 4 is 11.4 Å². The monoisotopic (exact) mass is 312 g/mol. The van der Waals surface area contributed by atoms with E-state index in [1.54, 1.807) is 6.07 Å². The summed E-state index contributed by atoms with van der Waals surface area (Å²) in [6, 6.07) is 6.27. The van der Waals surface area contributed by atoms with Gasteiger partial charge in [-0.25, -0.2) is 0 Å². The molecule has 0 saturated carbocycles. The summed E-state index contributed by atoms with van der Waals surface area (Å²) in [5.74, 6) is 1.86. The molecule has 1 aromatic carbocycles. The summed E-state index contributed by atoms with van der Waals surface area (Å²) in [6.45, 7) is 1.39. The lowest BCUT2D eigenvalue weighted by atomic mass is 10.2. The average molecular weight is 312 g/mol. The van der Waals surface area contributed by atoms with E-state index in [0.717, 1.165) is 37.5 Å². The zero-order valence-corrected chi connectivity index (χ0v) is 12.5. The Morgan fingerprint density at radius 2 is 2.22 bits per heavy atom. The van der Waals surface area contributed by atoms with Crippen LogP contribution >= 0.6 is 0 Å². The van der Waals surface area contributed by atoms with Crippen LogP contribution < -0.4 is 5.32 Å². The molecule has 8 nitrogen and oxygen atoms in total. The summed E-state index contributed by atoms with van der Waals surface area (Å²) >= 11 is 0. The van der Waals surface area contributed by atoms with E-state index in [0.29, 0.717) is 12.2 Å². The normalized spacial score (nSPS) is 13.7. The van der Waals surface area contributed by atoms with Gasteiger partial charge in [-0.05, 0) is 25.0 Å². The highest BCUT2D eigenvalue weighted by Crippen LogP contribution is 2.22. The molecule has 118 valence electrons. The Morgan fingerprint density at radius 1 is 1.35 bits per heavy atom. The number of rotatable bonds is 4. The van der Waals surface area contributed by atoms with Crippen molar-refractivity contribution in [1.82, 2.24) is 14.8 Å². The SMILES string of the molecule is N#Cc1cc(NCc2nnc3n2CCCCC3)ccc1[N+](=O)[O-]. The molecule has 0 saturated heterocycles. The molecule has 0 fully saturated rings. The van der Waals surface area contributed by atoms with Gasteiger partial charge in [0.1, 0.15) is 17.5 Å². The maximum absolute atomic E-state index is 10.8. The van der Waals surface area contributed by atoms with Crippen LogP contribution in [-0.2, 0) is 19.5 Å². The molecule has 1 N–H and O–H groups in total. The second-order valence-electron chi connectivity index (χ2n) is 5.45. The molecular weight excluding hydrogens is 296 g/mol. The van der Waals surface area contributed by atoms with Crippen molar-refractivity contribution in [1.29, 1.82) is 5.26 Å². The fraction of sp³-hybridized carbons (Fsp3) is 0.400. The Kier molecular flexibility index (Phi) is 4.19. The molecular formula is C15H16N6O2. The molecule has 3 rings (SSSR count). The first kappa shape index (κ1) is 15.0. The number of nitriles is 1. The Bertz CT molecular complexity index is 777. The first-order chi connectivity index (χ1) is 11.2. The zero-order valence-electron chi connectivity index (χ0n) is 12.5. The molecule has 23 heavy (non-hydrogen) atoms. The van der Waals surface area contributed by atoms with Crippen LogP contribution in [0.3, 0.4) is 0 Å². The van der Waals surface area contributed by atoms with Gasteiger partial charge >= 0.3 is 0 Å². The third-order valence-corrected chi connectivity index (χ3v) is 3.95. The Balaban J connectivity index is 1.75. The highest BCUT2D eigenvalue weighted by atomic mass is 16.6. The third-order valence-electron chi connectivity index (χ3n) is 3.95. The molecule has 8 heteroatoms. The minimum Gasteiger partial charge on any atom is -0.378 e. The van der Waals surface area contributed by atoms with E-state index in [9.17, 15) is 10.1 Å². The molecule has 0 radical (unpaired) electrons. The molecule has 2 aromatic rings. The van der Waals surface area contributed by atoms with Gasteiger partial charge in [0.15, 0.2) is 5.82 Å². The smallest absolute Gasteiger partial charge is 0.287 e. The van der Waals surface area contributed by atoms with Gasteiger partial charge in [-0.15, -0.1) is 10.2 Å². The summed E-state index contributed by atoms with van der Waals surface area (Å²) in [5, 5.41) is 31.5. The molecule has 2 heterocycles. The number of hydrogen-bond donors (Lipinski definition) is 1. The van der Waals surface area contributed by atoms with Gasteiger partial charge in [-0.1, -0.05) is 6.42 Å². The molecule has 0 unspecified atom stereocenters. The van der Waals surface area contributed by atoms with Crippen molar-refractivity contribution in [3.63, 3.8) is 0 Å². The Labute approximate surface area is 132 Å². The number of hydrogen-bond acceptors (Lipinski definition) is 6. The van der Waals surface area contributed by atoms with Gasteiger partial charge < -0.3 is 9.88 Å². The highest BCUT2D eigenvalue weighted by molar-refractivity contribution is 5.58. The largest absolute Gasteiger partial charge is 0.378 e. The standard InChI is InChI=1S/C15H16N6O2/c16-9-11-8-12(5-6-13(11)21(22)23)17-10-15-19-18-14-4-2-1-3-7-20(14)15/h5-6,8,17H,1-4,7,10H2. The van der Waals surface area contributed by atoms with Gasteiger partial charge in [-0.2, -0.15) is 5.26 Å². The molecule has 1 aliphatic rings. The van der Waals surface area contributed by atoms with E-state index in [4.69, 9.17) is 5.26 Å². The highest BCUT2D eigenvalue weighted by Gasteiger charge is 2.16. The second-order valence-corrected chi connectivity index (χ2v) is 5.45. The lowest BCUT2D eigenvalue weighted by Crippen LogP contribution is -2.10. The van der Waals surface area contributed by atoms with Crippen LogP contribution in [0.1, 0.15) is 36.5 Å². The number of fused-ring (bicyclic) bond motifs is 1. The summed E-state index contributed by atoms with van der Waals surface area (Å²) in [6.07, 6.45) is 4.40. The number of aryl methyl sites for hydroxylation is 1. The van der Waals surface area contributed by atoms with Crippen molar-refractivity contribution in [3.8, 4) is 6.07 Å².